The Hall–Kier alpha value is -1.39. The van der Waals surface area contributed by atoms with Gasteiger partial charge in [-0.1, -0.05) is 28.1 Å². The third-order valence-corrected chi connectivity index (χ3v) is 3.70. The smallest absolute Gasteiger partial charge is 0.0772 e. The van der Waals surface area contributed by atoms with Crippen molar-refractivity contribution in [3.8, 4) is 0 Å². The highest BCUT2D eigenvalue weighted by Crippen LogP contribution is 2.28. The van der Waals surface area contributed by atoms with Gasteiger partial charge in [0.1, 0.15) is 0 Å². The molecule has 0 unspecified atom stereocenters. The van der Waals surface area contributed by atoms with E-state index < -0.39 is 6.10 Å². The molecule has 100 valence electrons. The van der Waals surface area contributed by atoms with E-state index in [1.54, 1.807) is 13.1 Å². The molecule has 1 aromatic heterocycles. The third-order valence-electron chi connectivity index (χ3n) is 3.02. The second-order valence-electron chi connectivity index (χ2n) is 4.60. The molecule has 2 rings (SSSR count). The molecule has 1 heterocycles. The van der Waals surface area contributed by atoms with Crippen LogP contribution in [0.4, 0.5) is 5.69 Å². The summed E-state index contributed by atoms with van der Waals surface area (Å²) in [6.45, 7) is 2.56. The molecular formula is C15H17BrN2O. The van der Waals surface area contributed by atoms with Gasteiger partial charge in [0, 0.05) is 36.1 Å². The molecule has 0 saturated carbocycles. The van der Waals surface area contributed by atoms with Crippen LogP contribution in [0.3, 0.4) is 0 Å². The minimum atomic E-state index is -0.466. The van der Waals surface area contributed by atoms with Crippen LogP contribution in [0.5, 0.6) is 0 Å². The molecule has 3 nitrogen and oxygen atoms in total. The molecule has 1 N–H and O–H groups in total. The lowest BCUT2D eigenvalue weighted by molar-refractivity contribution is 0.198. The Bertz CT molecular complexity index is 543. The molecule has 0 radical (unpaired) electrons. The highest BCUT2D eigenvalue weighted by Gasteiger charge is 2.09. The van der Waals surface area contributed by atoms with Crippen molar-refractivity contribution in [2.24, 2.45) is 0 Å². The first-order valence-electron chi connectivity index (χ1n) is 6.15. The maximum absolute atomic E-state index is 9.62. The average molecular weight is 321 g/mol. The van der Waals surface area contributed by atoms with Gasteiger partial charge >= 0.3 is 0 Å². The maximum atomic E-state index is 9.62. The number of anilines is 1. The molecule has 0 fully saturated rings. The van der Waals surface area contributed by atoms with Crippen molar-refractivity contribution in [2.75, 3.05) is 11.9 Å². The molecule has 2 aromatic rings. The molecule has 0 spiro atoms. The third kappa shape index (κ3) is 3.55. The van der Waals surface area contributed by atoms with E-state index in [1.807, 2.05) is 37.5 Å². The summed E-state index contributed by atoms with van der Waals surface area (Å²) < 4.78 is 0.929. The molecule has 0 aliphatic rings. The van der Waals surface area contributed by atoms with Crippen LogP contribution in [0.25, 0.3) is 0 Å². The Morgan fingerprint density at radius 2 is 2.16 bits per heavy atom. The van der Waals surface area contributed by atoms with Crippen molar-refractivity contribution in [3.63, 3.8) is 0 Å². The highest BCUT2D eigenvalue weighted by atomic mass is 79.9. The van der Waals surface area contributed by atoms with E-state index in [-0.39, 0.29) is 0 Å². The van der Waals surface area contributed by atoms with Crippen LogP contribution < -0.4 is 4.90 Å². The predicted molar refractivity (Wildman–Crippen MR) is 81.1 cm³/mol. The fourth-order valence-electron chi connectivity index (χ4n) is 1.95. The van der Waals surface area contributed by atoms with Gasteiger partial charge in [0.25, 0.3) is 0 Å². The second-order valence-corrected chi connectivity index (χ2v) is 5.45. The Balaban J connectivity index is 2.16. The lowest BCUT2D eigenvalue weighted by Crippen LogP contribution is -2.16. The first kappa shape index (κ1) is 14.0. The van der Waals surface area contributed by atoms with Gasteiger partial charge < -0.3 is 10.0 Å². The number of nitrogens with zero attached hydrogens (tertiary/aromatic N) is 2. The summed E-state index contributed by atoms with van der Waals surface area (Å²) in [6, 6.07) is 9.99. The number of aliphatic hydroxyl groups is 1. The summed E-state index contributed by atoms with van der Waals surface area (Å²) in [5, 5.41) is 9.62. The zero-order chi connectivity index (χ0) is 13.8. The van der Waals surface area contributed by atoms with Gasteiger partial charge in [-0.15, -0.1) is 0 Å². The topological polar surface area (TPSA) is 36.4 Å². The van der Waals surface area contributed by atoms with E-state index >= 15 is 0 Å². The fourth-order valence-corrected chi connectivity index (χ4v) is 2.65. The van der Waals surface area contributed by atoms with Crippen LogP contribution in [0.1, 0.15) is 24.2 Å². The number of benzene rings is 1. The van der Waals surface area contributed by atoms with Gasteiger partial charge in [-0.2, -0.15) is 0 Å². The second kappa shape index (κ2) is 6.17. The zero-order valence-corrected chi connectivity index (χ0v) is 12.6. The standard InChI is InChI=1S/C15H17BrN2O/c1-11(19)14-6-5-13(8-15(14)16)18(2)10-12-4-3-7-17-9-12/h3-9,11,19H,10H2,1-2H3/t11-/m1/s1. The number of hydrogen-bond acceptors (Lipinski definition) is 3. The minimum Gasteiger partial charge on any atom is -0.389 e. The molecule has 19 heavy (non-hydrogen) atoms. The van der Waals surface area contributed by atoms with Crippen molar-refractivity contribution in [1.82, 2.24) is 4.98 Å². The summed E-state index contributed by atoms with van der Waals surface area (Å²) in [4.78, 5) is 6.26. The van der Waals surface area contributed by atoms with Crippen molar-refractivity contribution < 1.29 is 5.11 Å². The van der Waals surface area contributed by atoms with Crippen molar-refractivity contribution in [3.05, 3.63) is 58.3 Å². The molecule has 0 aliphatic heterocycles. The Morgan fingerprint density at radius 3 is 2.74 bits per heavy atom. The molecular weight excluding hydrogens is 304 g/mol. The van der Waals surface area contributed by atoms with Gasteiger partial charge in [0.2, 0.25) is 0 Å². The summed E-state index contributed by atoms with van der Waals surface area (Å²) in [5.41, 5.74) is 3.17. The fraction of sp³-hybridized carbons (Fsp3) is 0.267. The maximum Gasteiger partial charge on any atom is 0.0772 e. The van der Waals surface area contributed by atoms with E-state index in [0.29, 0.717) is 0 Å². The van der Waals surface area contributed by atoms with Crippen molar-refractivity contribution >= 4 is 21.6 Å². The van der Waals surface area contributed by atoms with Crippen molar-refractivity contribution in [1.29, 1.82) is 0 Å². The average Bonchev–Trinajstić information content (AvgIpc) is 2.39. The van der Waals surface area contributed by atoms with E-state index in [4.69, 9.17) is 0 Å². The van der Waals surface area contributed by atoms with E-state index in [1.165, 1.54) is 5.56 Å². The first-order valence-corrected chi connectivity index (χ1v) is 6.95. The van der Waals surface area contributed by atoms with Gasteiger partial charge in [-0.25, -0.2) is 0 Å². The van der Waals surface area contributed by atoms with Gasteiger partial charge in [-0.3, -0.25) is 4.98 Å². The highest BCUT2D eigenvalue weighted by molar-refractivity contribution is 9.10. The van der Waals surface area contributed by atoms with E-state index in [2.05, 4.69) is 31.9 Å². The Kier molecular flexibility index (Phi) is 4.56. The Morgan fingerprint density at radius 1 is 1.37 bits per heavy atom. The number of rotatable bonds is 4. The normalized spacial score (nSPS) is 12.2. The summed E-state index contributed by atoms with van der Waals surface area (Å²) in [7, 11) is 2.04. The SMILES string of the molecule is C[C@@H](O)c1ccc(N(C)Cc2cccnc2)cc1Br. The number of hydrogen-bond donors (Lipinski definition) is 1. The van der Waals surface area contributed by atoms with E-state index in [0.717, 1.165) is 22.3 Å². The zero-order valence-electron chi connectivity index (χ0n) is 11.0. The molecule has 4 heteroatoms. The molecule has 0 amide bonds. The van der Waals surface area contributed by atoms with E-state index in [9.17, 15) is 5.11 Å². The minimum absolute atomic E-state index is 0.466. The number of aromatic nitrogens is 1. The first-order chi connectivity index (χ1) is 9.08. The van der Waals surface area contributed by atoms with Crippen LogP contribution in [-0.4, -0.2) is 17.1 Å². The van der Waals surface area contributed by atoms with Crippen LogP contribution in [0, 0.1) is 0 Å². The van der Waals surface area contributed by atoms with Gasteiger partial charge in [0.05, 0.1) is 6.10 Å². The Labute approximate surface area is 122 Å². The monoisotopic (exact) mass is 320 g/mol. The largest absolute Gasteiger partial charge is 0.389 e. The molecule has 1 atom stereocenters. The quantitative estimate of drug-likeness (QED) is 0.936. The van der Waals surface area contributed by atoms with Crippen LogP contribution >= 0.6 is 15.9 Å². The number of halogens is 1. The van der Waals surface area contributed by atoms with Crippen LogP contribution in [-0.2, 0) is 6.54 Å². The summed E-state index contributed by atoms with van der Waals surface area (Å²) in [6.07, 6.45) is 3.18. The van der Waals surface area contributed by atoms with Crippen LogP contribution in [0.15, 0.2) is 47.2 Å². The lowest BCUT2D eigenvalue weighted by Gasteiger charge is -2.20. The lowest BCUT2D eigenvalue weighted by atomic mass is 10.1. The number of pyridine rings is 1. The van der Waals surface area contributed by atoms with Gasteiger partial charge in [0.15, 0.2) is 0 Å². The number of aliphatic hydroxyl groups excluding tert-OH is 1. The predicted octanol–water partition coefficient (Wildman–Crippen LogP) is 3.53. The van der Waals surface area contributed by atoms with Gasteiger partial charge in [-0.05, 0) is 36.2 Å². The molecule has 0 bridgehead atoms. The van der Waals surface area contributed by atoms with Crippen molar-refractivity contribution in [2.45, 2.75) is 19.6 Å². The molecule has 0 saturated heterocycles. The summed E-state index contributed by atoms with van der Waals surface area (Å²) >= 11 is 3.50. The summed E-state index contributed by atoms with van der Waals surface area (Å²) in [5.74, 6) is 0. The molecule has 0 aliphatic carbocycles. The molecule has 1 aromatic carbocycles. The van der Waals surface area contributed by atoms with Crippen LogP contribution in [0.2, 0.25) is 0 Å².